The zero-order chi connectivity index (χ0) is 14.1. The third kappa shape index (κ3) is 6.32. The van der Waals surface area contributed by atoms with Gasteiger partial charge in [0.05, 0.1) is 6.10 Å². The Morgan fingerprint density at radius 3 is 2.79 bits per heavy atom. The minimum absolute atomic E-state index is 0.276. The molecule has 1 rings (SSSR count). The molecule has 0 aliphatic rings. The van der Waals surface area contributed by atoms with Crippen LogP contribution in [0.25, 0.3) is 0 Å². The van der Waals surface area contributed by atoms with Crippen molar-refractivity contribution in [3.63, 3.8) is 0 Å². The van der Waals surface area contributed by atoms with Crippen molar-refractivity contribution < 1.29 is 9.84 Å². The van der Waals surface area contributed by atoms with Gasteiger partial charge < -0.3 is 20.6 Å². The highest BCUT2D eigenvalue weighted by Gasteiger charge is 2.04. The van der Waals surface area contributed by atoms with E-state index in [4.69, 9.17) is 10.6 Å². The predicted molar refractivity (Wildman–Crippen MR) is 74.6 cm³/mol. The van der Waals surface area contributed by atoms with Gasteiger partial charge in [-0.25, -0.2) is 15.8 Å². The molecule has 1 atom stereocenters. The summed E-state index contributed by atoms with van der Waals surface area (Å²) >= 11 is 0. The zero-order valence-corrected chi connectivity index (χ0v) is 11.5. The molecule has 0 saturated heterocycles. The maximum Gasteiger partial charge on any atom is 0.158 e. The highest BCUT2D eigenvalue weighted by Crippen LogP contribution is 2.11. The van der Waals surface area contributed by atoms with Gasteiger partial charge in [0.1, 0.15) is 18.2 Å². The van der Waals surface area contributed by atoms with Crippen LogP contribution in [0.4, 0.5) is 11.6 Å². The molecular formula is C12H23N5O2. The molecule has 0 amide bonds. The number of hydrazine groups is 1. The lowest BCUT2D eigenvalue weighted by Gasteiger charge is -2.10. The van der Waals surface area contributed by atoms with Gasteiger partial charge in [-0.05, 0) is 26.7 Å². The van der Waals surface area contributed by atoms with Crippen LogP contribution >= 0.6 is 0 Å². The van der Waals surface area contributed by atoms with Crippen molar-refractivity contribution >= 4 is 11.6 Å². The SMILES string of the molecule is CCOCc1nc(NN)cc(NCCCC(C)O)n1. The third-order valence-electron chi connectivity index (χ3n) is 2.46. The van der Waals surface area contributed by atoms with E-state index in [1.165, 1.54) is 0 Å². The van der Waals surface area contributed by atoms with Gasteiger partial charge in [0.25, 0.3) is 0 Å². The Morgan fingerprint density at radius 2 is 2.16 bits per heavy atom. The van der Waals surface area contributed by atoms with Crippen molar-refractivity contribution in [2.75, 3.05) is 23.9 Å². The Bertz CT molecular complexity index is 373. The quantitative estimate of drug-likeness (QED) is 0.299. The normalized spacial score (nSPS) is 12.2. The molecule has 0 aliphatic heterocycles. The van der Waals surface area contributed by atoms with Gasteiger partial charge in [0.15, 0.2) is 5.82 Å². The van der Waals surface area contributed by atoms with E-state index >= 15 is 0 Å². The molecule has 0 spiro atoms. The zero-order valence-electron chi connectivity index (χ0n) is 11.5. The number of nitrogens with one attached hydrogen (secondary N) is 2. The molecule has 108 valence electrons. The average Bonchev–Trinajstić information content (AvgIpc) is 2.41. The smallest absolute Gasteiger partial charge is 0.158 e. The van der Waals surface area contributed by atoms with Crippen LogP contribution < -0.4 is 16.6 Å². The average molecular weight is 269 g/mol. The number of hydrogen-bond donors (Lipinski definition) is 4. The first-order valence-electron chi connectivity index (χ1n) is 6.50. The van der Waals surface area contributed by atoms with Crippen LogP contribution in [0.1, 0.15) is 32.5 Å². The molecule has 0 radical (unpaired) electrons. The van der Waals surface area contributed by atoms with Crippen LogP contribution in [-0.4, -0.2) is 34.3 Å². The Morgan fingerprint density at radius 1 is 1.42 bits per heavy atom. The van der Waals surface area contributed by atoms with E-state index in [9.17, 15) is 5.11 Å². The topological polar surface area (TPSA) is 105 Å². The monoisotopic (exact) mass is 269 g/mol. The maximum atomic E-state index is 9.18. The van der Waals surface area contributed by atoms with Crippen LogP contribution in [0.2, 0.25) is 0 Å². The molecule has 7 nitrogen and oxygen atoms in total. The molecule has 0 aliphatic carbocycles. The summed E-state index contributed by atoms with van der Waals surface area (Å²) in [7, 11) is 0. The summed E-state index contributed by atoms with van der Waals surface area (Å²) < 4.78 is 5.28. The standard InChI is InChI=1S/C12H23N5O2/c1-3-19-8-12-15-10(7-11(16-12)17-13)14-6-4-5-9(2)18/h7,9,18H,3-6,8,13H2,1-2H3,(H2,14,15,16,17). The molecule has 1 unspecified atom stereocenters. The fraction of sp³-hybridized carbons (Fsp3) is 0.667. The number of hydrogen-bond acceptors (Lipinski definition) is 7. The Balaban J connectivity index is 2.55. The predicted octanol–water partition coefficient (Wildman–Crippen LogP) is 0.872. The number of nitrogen functional groups attached to an aromatic ring is 1. The van der Waals surface area contributed by atoms with Crippen molar-refractivity contribution in [2.45, 2.75) is 39.4 Å². The summed E-state index contributed by atoms with van der Waals surface area (Å²) in [6.45, 7) is 5.40. The lowest BCUT2D eigenvalue weighted by Crippen LogP contribution is -2.13. The molecule has 0 fully saturated rings. The second-order valence-corrected chi connectivity index (χ2v) is 4.25. The van der Waals surface area contributed by atoms with Gasteiger partial charge in [0, 0.05) is 19.2 Å². The first-order chi connectivity index (χ1) is 9.15. The van der Waals surface area contributed by atoms with Crippen molar-refractivity contribution in [2.24, 2.45) is 5.84 Å². The first-order valence-corrected chi connectivity index (χ1v) is 6.50. The molecule has 1 aromatic rings. The molecule has 0 aromatic carbocycles. The highest BCUT2D eigenvalue weighted by atomic mass is 16.5. The van der Waals surface area contributed by atoms with E-state index in [0.29, 0.717) is 30.7 Å². The highest BCUT2D eigenvalue weighted by molar-refractivity contribution is 5.46. The summed E-state index contributed by atoms with van der Waals surface area (Å²) in [6, 6.07) is 1.73. The first kappa shape index (κ1) is 15.6. The van der Waals surface area contributed by atoms with Gasteiger partial charge in [-0.15, -0.1) is 0 Å². The largest absolute Gasteiger partial charge is 0.393 e. The lowest BCUT2D eigenvalue weighted by molar-refractivity contribution is 0.128. The lowest BCUT2D eigenvalue weighted by atomic mass is 10.2. The second kappa shape index (κ2) is 8.63. The minimum atomic E-state index is -0.276. The van der Waals surface area contributed by atoms with Crippen molar-refractivity contribution in [3.8, 4) is 0 Å². The number of nitrogens with two attached hydrogens (primary N) is 1. The van der Waals surface area contributed by atoms with E-state index in [-0.39, 0.29) is 6.10 Å². The van der Waals surface area contributed by atoms with Crippen LogP contribution in [0.3, 0.4) is 0 Å². The van der Waals surface area contributed by atoms with E-state index in [1.54, 1.807) is 13.0 Å². The van der Waals surface area contributed by atoms with Crippen molar-refractivity contribution in [3.05, 3.63) is 11.9 Å². The number of nitrogens with zero attached hydrogens (tertiary/aromatic N) is 2. The Kier molecular flexibility index (Phi) is 7.09. The Hall–Kier alpha value is -1.44. The van der Waals surface area contributed by atoms with E-state index in [0.717, 1.165) is 19.4 Å². The van der Waals surface area contributed by atoms with Crippen molar-refractivity contribution in [1.82, 2.24) is 9.97 Å². The minimum Gasteiger partial charge on any atom is -0.393 e. The number of ether oxygens (including phenoxy) is 1. The summed E-state index contributed by atoms with van der Waals surface area (Å²) in [4.78, 5) is 8.52. The molecule has 5 N–H and O–H groups in total. The molecule has 1 heterocycles. The molecule has 19 heavy (non-hydrogen) atoms. The van der Waals surface area contributed by atoms with Gasteiger partial charge in [-0.2, -0.15) is 0 Å². The van der Waals surface area contributed by atoms with Crippen LogP contribution in [-0.2, 0) is 11.3 Å². The van der Waals surface area contributed by atoms with E-state index in [1.807, 2.05) is 6.92 Å². The fourth-order valence-electron chi connectivity index (χ4n) is 1.53. The number of aliphatic hydroxyl groups excluding tert-OH is 1. The fourth-order valence-corrected chi connectivity index (χ4v) is 1.53. The number of rotatable bonds is 9. The van der Waals surface area contributed by atoms with Crippen LogP contribution in [0.5, 0.6) is 0 Å². The summed E-state index contributed by atoms with van der Waals surface area (Å²) in [6.07, 6.45) is 1.35. The number of aromatic nitrogens is 2. The van der Waals surface area contributed by atoms with Gasteiger partial charge in [-0.1, -0.05) is 0 Å². The van der Waals surface area contributed by atoms with Gasteiger partial charge >= 0.3 is 0 Å². The molecule has 0 bridgehead atoms. The number of aliphatic hydroxyl groups is 1. The maximum absolute atomic E-state index is 9.18. The van der Waals surface area contributed by atoms with Crippen LogP contribution in [0, 0.1) is 0 Å². The number of anilines is 2. The van der Waals surface area contributed by atoms with Gasteiger partial charge in [0.2, 0.25) is 0 Å². The molecule has 1 aromatic heterocycles. The summed E-state index contributed by atoms with van der Waals surface area (Å²) in [5.74, 6) is 7.19. The Labute approximate surface area is 113 Å². The molecule has 7 heteroatoms. The second-order valence-electron chi connectivity index (χ2n) is 4.25. The molecular weight excluding hydrogens is 246 g/mol. The summed E-state index contributed by atoms with van der Waals surface area (Å²) in [5, 5.41) is 12.4. The molecule has 0 saturated carbocycles. The van der Waals surface area contributed by atoms with Gasteiger partial charge in [-0.3, -0.25) is 0 Å². The van der Waals surface area contributed by atoms with Crippen molar-refractivity contribution in [1.29, 1.82) is 0 Å². The van der Waals surface area contributed by atoms with E-state index < -0.39 is 0 Å². The van der Waals surface area contributed by atoms with E-state index in [2.05, 4.69) is 20.7 Å². The van der Waals surface area contributed by atoms with Crippen LogP contribution in [0.15, 0.2) is 6.07 Å². The third-order valence-corrected chi connectivity index (χ3v) is 2.46. The summed E-state index contributed by atoms with van der Waals surface area (Å²) in [5.41, 5.74) is 2.51.